The molecule has 0 spiro atoms. The molecule has 7 heteroatoms. The van der Waals surface area contributed by atoms with Crippen LogP contribution >= 0.6 is 0 Å². The number of carbonyl (C=O) groups is 2. The Hall–Kier alpha value is -1.92. The minimum absolute atomic E-state index is 0.0441. The summed E-state index contributed by atoms with van der Waals surface area (Å²) in [6.07, 6.45) is 3.96. The molecule has 1 aromatic heterocycles. The molecule has 1 amide bonds. The predicted octanol–water partition coefficient (Wildman–Crippen LogP) is 0.164. The molecule has 1 aromatic rings. The Labute approximate surface area is 105 Å². The molecular formula is C11H18N4O3. The van der Waals surface area contributed by atoms with Crippen LogP contribution in [-0.4, -0.2) is 51.0 Å². The summed E-state index contributed by atoms with van der Waals surface area (Å²) in [7, 11) is 3.37. The van der Waals surface area contributed by atoms with E-state index >= 15 is 0 Å². The molecule has 0 saturated carbocycles. The fraction of sp³-hybridized carbons (Fsp3) is 0.636. The molecule has 1 N–H and O–H groups in total. The standard InChI is InChI=1S/C11H18N4O3/c1-14(2)10(16)8-15-7-9(12-13-15)5-3-4-6-11(17)18/h7H,3-6,8H2,1-2H3,(H,17,18). The number of aliphatic carboxylic acids is 1. The molecule has 0 aromatic carbocycles. The van der Waals surface area contributed by atoms with Crippen molar-refractivity contribution < 1.29 is 14.7 Å². The summed E-state index contributed by atoms with van der Waals surface area (Å²) in [6, 6.07) is 0. The molecule has 100 valence electrons. The van der Waals surface area contributed by atoms with Gasteiger partial charge in [0.2, 0.25) is 5.91 Å². The van der Waals surface area contributed by atoms with E-state index in [1.54, 1.807) is 20.3 Å². The van der Waals surface area contributed by atoms with Crippen LogP contribution in [0.15, 0.2) is 6.20 Å². The van der Waals surface area contributed by atoms with E-state index in [1.807, 2.05) is 0 Å². The van der Waals surface area contributed by atoms with Gasteiger partial charge in [0.25, 0.3) is 0 Å². The molecule has 0 atom stereocenters. The number of carboxylic acid groups (broad SMARTS) is 1. The van der Waals surface area contributed by atoms with E-state index in [2.05, 4.69) is 10.3 Å². The van der Waals surface area contributed by atoms with Crippen LogP contribution < -0.4 is 0 Å². The highest BCUT2D eigenvalue weighted by Gasteiger charge is 2.07. The summed E-state index contributed by atoms with van der Waals surface area (Å²) >= 11 is 0. The number of amides is 1. The van der Waals surface area contributed by atoms with Gasteiger partial charge in [-0.1, -0.05) is 5.21 Å². The number of rotatable bonds is 7. The Morgan fingerprint density at radius 3 is 2.72 bits per heavy atom. The zero-order valence-corrected chi connectivity index (χ0v) is 10.7. The van der Waals surface area contributed by atoms with Crippen molar-refractivity contribution in [1.82, 2.24) is 19.9 Å². The first-order valence-electron chi connectivity index (χ1n) is 5.80. The fourth-order valence-electron chi connectivity index (χ4n) is 1.39. The molecule has 0 radical (unpaired) electrons. The number of hydrogen-bond acceptors (Lipinski definition) is 4. The summed E-state index contributed by atoms with van der Waals surface area (Å²) < 4.78 is 1.49. The van der Waals surface area contributed by atoms with Crippen LogP contribution in [0.25, 0.3) is 0 Å². The fourth-order valence-corrected chi connectivity index (χ4v) is 1.39. The highest BCUT2D eigenvalue weighted by Crippen LogP contribution is 2.03. The molecule has 1 heterocycles. The van der Waals surface area contributed by atoms with Crippen molar-refractivity contribution >= 4 is 11.9 Å². The average Bonchev–Trinajstić information content (AvgIpc) is 2.72. The summed E-state index contributed by atoms with van der Waals surface area (Å²) in [5, 5.41) is 16.3. The molecule has 0 fully saturated rings. The second-order valence-electron chi connectivity index (χ2n) is 4.30. The molecule has 18 heavy (non-hydrogen) atoms. The first-order chi connectivity index (χ1) is 8.49. The third kappa shape index (κ3) is 4.94. The molecule has 0 aliphatic rings. The van der Waals surface area contributed by atoms with Crippen molar-refractivity contribution in [2.45, 2.75) is 32.2 Å². The monoisotopic (exact) mass is 254 g/mol. The van der Waals surface area contributed by atoms with E-state index in [-0.39, 0.29) is 18.9 Å². The number of carbonyl (C=O) groups excluding carboxylic acids is 1. The SMILES string of the molecule is CN(C)C(=O)Cn1cc(CCCCC(=O)O)nn1. The van der Waals surface area contributed by atoms with Crippen LogP contribution in [0.2, 0.25) is 0 Å². The number of aryl methyl sites for hydroxylation is 1. The zero-order chi connectivity index (χ0) is 13.5. The Balaban J connectivity index is 2.34. The van der Waals surface area contributed by atoms with Crippen LogP contribution in [0.5, 0.6) is 0 Å². The Kier molecular flexibility index (Phi) is 5.29. The third-order valence-corrected chi connectivity index (χ3v) is 2.46. The van der Waals surface area contributed by atoms with Gasteiger partial charge in [-0.3, -0.25) is 9.59 Å². The zero-order valence-electron chi connectivity index (χ0n) is 10.7. The average molecular weight is 254 g/mol. The maximum absolute atomic E-state index is 11.4. The molecular weight excluding hydrogens is 236 g/mol. The van der Waals surface area contributed by atoms with E-state index in [9.17, 15) is 9.59 Å². The molecule has 0 saturated heterocycles. The minimum Gasteiger partial charge on any atom is -0.481 e. The molecule has 1 rings (SSSR count). The second-order valence-corrected chi connectivity index (χ2v) is 4.30. The van der Waals surface area contributed by atoms with Gasteiger partial charge in [0.15, 0.2) is 0 Å². The van der Waals surface area contributed by atoms with E-state index < -0.39 is 5.97 Å². The highest BCUT2D eigenvalue weighted by atomic mass is 16.4. The van der Waals surface area contributed by atoms with Crippen LogP contribution in [0.4, 0.5) is 0 Å². The lowest BCUT2D eigenvalue weighted by Crippen LogP contribution is -2.26. The van der Waals surface area contributed by atoms with Crippen molar-refractivity contribution in [3.05, 3.63) is 11.9 Å². The Bertz CT molecular complexity index is 414. The quantitative estimate of drug-likeness (QED) is 0.700. The summed E-state index contributed by atoms with van der Waals surface area (Å²) in [6.45, 7) is 0.176. The van der Waals surface area contributed by atoms with Crippen molar-refractivity contribution in [2.24, 2.45) is 0 Å². The largest absolute Gasteiger partial charge is 0.481 e. The first kappa shape index (κ1) is 14.1. The minimum atomic E-state index is -0.782. The first-order valence-corrected chi connectivity index (χ1v) is 5.80. The van der Waals surface area contributed by atoms with Gasteiger partial charge in [0, 0.05) is 26.7 Å². The number of hydrogen-bond donors (Lipinski definition) is 1. The molecule has 0 aliphatic carbocycles. The van der Waals surface area contributed by atoms with Crippen molar-refractivity contribution in [3.63, 3.8) is 0 Å². The van der Waals surface area contributed by atoms with Gasteiger partial charge in [-0.15, -0.1) is 5.10 Å². The number of aromatic nitrogens is 3. The Morgan fingerprint density at radius 2 is 2.11 bits per heavy atom. The van der Waals surface area contributed by atoms with Gasteiger partial charge in [0.05, 0.1) is 5.69 Å². The smallest absolute Gasteiger partial charge is 0.303 e. The van der Waals surface area contributed by atoms with Gasteiger partial charge >= 0.3 is 5.97 Å². The molecule has 7 nitrogen and oxygen atoms in total. The van der Waals surface area contributed by atoms with E-state index in [0.29, 0.717) is 12.8 Å². The second kappa shape index (κ2) is 6.73. The lowest BCUT2D eigenvalue weighted by molar-refractivity contribution is -0.137. The van der Waals surface area contributed by atoms with Crippen LogP contribution in [0.3, 0.4) is 0 Å². The molecule has 0 unspecified atom stereocenters. The lowest BCUT2D eigenvalue weighted by atomic mass is 10.1. The molecule has 0 bridgehead atoms. The Morgan fingerprint density at radius 1 is 1.39 bits per heavy atom. The number of likely N-dealkylation sites (N-methyl/N-ethyl adjacent to an activating group) is 1. The molecule has 0 aliphatic heterocycles. The predicted molar refractivity (Wildman–Crippen MR) is 63.9 cm³/mol. The van der Waals surface area contributed by atoms with Gasteiger partial charge in [0.1, 0.15) is 6.54 Å². The number of unbranched alkanes of at least 4 members (excludes halogenated alkanes) is 1. The van der Waals surface area contributed by atoms with Gasteiger partial charge in [-0.2, -0.15) is 0 Å². The normalized spacial score (nSPS) is 10.3. The van der Waals surface area contributed by atoms with Crippen LogP contribution in [0.1, 0.15) is 25.0 Å². The van der Waals surface area contributed by atoms with E-state index in [4.69, 9.17) is 5.11 Å². The lowest BCUT2D eigenvalue weighted by Gasteiger charge is -2.08. The summed E-state index contributed by atoms with van der Waals surface area (Å²) in [4.78, 5) is 23.2. The number of carboxylic acids is 1. The third-order valence-electron chi connectivity index (χ3n) is 2.46. The van der Waals surface area contributed by atoms with E-state index in [1.165, 1.54) is 9.58 Å². The van der Waals surface area contributed by atoms with Gasteiger partial charge < -0.3 is 10.0 Å². The van der Waals surface area contributed by atoms with Crippen molar-refractivity contribution in [1.29, 1.82) is 0 Å². The van der Waals surface area contributed by atoms with Crippen LogP contribution in [-0.2, 0) is 22.6 Å². The van der Waals surface area contributed by atoms with Gasteiger partial charge in [-0.25, -0.2) is 4.68 Å². The van der Waals surface area contributed by atoms with Crippen LogP contribution in [0, 0.1) is 0 Å². The van der Waals surface area contributed by atoms with E-state index in [0.717, 1.165) is 12.1 Å². The van der Waals surface area contributed by atoms with Gasteiger partial charge in [-0.05, 0) is 19.3 Å². The summed E-state index contributed by atoms with van der Waals surface area (Å²) in [5.74, 6) is -0.826. The van der Waals surface area contributed by atoms with Crippen molar-refractivity contribution in [2.75, 3.05) is 14.1 Å². The number of nitrogens with zero attached hydrogens (tertiary/aromatic N) is 4. The van der Waals surface area contributed by atoms with Crippen molar-refractivity contribution in [3.8, 4) is 0 Å². The summed E-state index contributed by atoms with van der Waals surface area (Å²) in [5.41, 5.74) is 0.784. The highest BCUT2D eigenvalue weighted by molar-refractivity contribution is 5.75. The maximum Gasteiger partial charge on any atom is 0.303 e. The topological polar surface area (TPSA) is 88.3 Å². The maximum atomic E-state index is 11.4.